The van der Waals surface area contributed by atoms with Crippen LogP contribution in [0.3, 0.4) is 0 Å². The first-order chi connectivity index (χ1) is 13.0. The van der Waals surface area contributed by atoms with E-state index in [0.29, 0.717) is 21.8 Å². The molecule has 2 aromatic heterocycles. The number of carbonyl (C=O) groups excluding carboxylic acids is 1. The Bertz CT molecular complexity index is 1080. The normalized spacial score (nSPS) is 11.6. The monoisotopic (exact) mass is 381 g/mol. The molecule has 1 unspecified atom stereocenters. The second-order valence-corrected chi connectivity index (χ2v) is 6.18. The number of nitriles is 1. The molecule has 2 heterocycles. The number of nitrogens with two attached hydrogens (primary N) is 1. The van der Waals surface area contributed by atoms with Crippen LogP contribution in [0.4, 0.5) is 11.6 Å². The summed E-state index contributed by atoms with van der Waals surface area (Å²) in [6.07, 6.45) is 1.26. The minimum Gasteiger partial charge on any atom is -0.382 e. The number of amides is 1. The Hall–Kier alpha value is -3.44. The maximum atomic E-state index is 12.4. The summed E-state index contributed by atoms with van der Waals surface area (Å²) in [5.74, 6) is 0.0559. The van der Waals surface area contributed by atoms with Gasteiger partial charge in [-0.25, -0.2) is 15.0 Å². The summed E-state index contributed by atoms with van der Waals surface area (Å²) in [6.45, 7) is 1.80. The molecule has 1 aromatic carbocycles. The van der Waals surface area contributed by atoms with Gasteiger partial charge in [0.15, 0.2) is 0 Å². The van der Waals surface area contributed by atoms with Crippen LogP contribution in [0, 0.1) is 11.3 Å². The largest absolute Gasteiger partial charge is 0.382 e. The van der Waals surface area contributed by atoms with E-state index in [0.717, 1.165) is 5.39 Å². The predicted molar refractivity (Wildman–Crippen MR) is 103 cm³/mol. The van der Waals surface area contributed by atoms with E-state index in [1.54, 1.807) is 32.2 Å². The van der Waals surface area contributed by atoms with Crippen LogP contribution < -0.4 is 16.4 Å². The molecule has 0 saturated heterocycles. The number of nitrogens with zero attached hydrogens (tertiary/aromatic N) is 4. The number of halogens is 1. The molecule has 4 N–H and O–H groups in total. The summed E-state index contributed by atoms with van der Waals surface area (Å²) in [5.41, 5.74) is 7.31. The number of nitrogen functional groups attached to an aromatic ring is 1. The Labute approximate surface area is 160 Å². The molecule has 3 rings (SSSR count). The summed E-state index contributed by atoms with van der Waals surface area (Å²) in [4.78, 5) is 24.9. The standard InChI is InChI=1S/C18H16ClN7O/c1-9(25-17-12(7-20)16(21)23-8-24-17)14-11(18(27)22-2)6-10-4-3-5-13(19)15(10)26-14/h3-6,8-9H,1-2H3,(H,22,27)(H3,21,23,24,25). The number of hydrogen-bond acceptors (Lipinski definition) is 7. The van der Waals surface area contributed by atoms with Gasteiger partial charge >= 0.3 is 0 Å². The van der Waals surface area contributed by atoms with E-state index >= 15 is 0 Å². The van der Waals surface area contributed by atoms with E-state index in [1.807, 2.05) is 12.1 Å². The van der Waals surface area contributed by atoms with Gasteiger partial charge in [0.2, 0.25) is 0 Å². The fourth-order valence-corrected chi connectivity index (χ4v) is 2.94. The van der Waals surface area contributed by atoms with Crippen LogP contribution in [0.15, 0.2) is 30.6 Å². The van der Waals surface area contributed by atoms with Crippen LogP contribution in [0.1, 0.15) is 34.6 Å². The summed E-state index contributed by atoms with van der Waals surface area (Å²) in [5, 5.41) is 16.2. The number of anilines is 2. The first-order valence-electron chi connectivity index (χ1n) is 8.04. The van der Waals surface area contributed by atoms with Crippen molar-refractivity contribution in [2.75, 3.05) is 18.1 Å². The number of pyridine rings is 1. The highest BCUT2D eigenvalue weighted by molar-refractivity contribution is 6.35. The zero-order valence-corrected chi connectivity index (χ0v) is 15.4. The van der Waals surface area contributed by atoms with Gasteiger partial charge in [0, 0.05) is 12.4 Å². The van der Waals surface area contributed by atoms with Crippen molar-refractivity contribution >= 4 is 40.0 Å². The van der Waals surface area contributed by atoms with E-state index in [4.69, 9.17) is 17.3 Å². The number of para-hydroxylation sites is 1. The van der Waals surface area contributed by atoms with E-state index in [-0.39, 0.29) is 23.1 Å². The molecular weight excluding hydrogens is 366 g/mol. The van der Waals surface area contributed by atoms with E-state index < -0.39 is 6.04 Å². The number of aromatic nitrogens is 3. The zero-order valence-electron chi connectivity index (χ0n) is 14.6. The molecule has 3 aromatic rings. The van der Waals surface area contributed by atoms with Gasteiger partial charge in [0.25, 0.3) is 5.91 Å². The van der Waals surface area contributed by atoms with Crippen LogP contribution in [0.5, 0.6) is 0 Å². The fraction of sp³-hybridized carbons (Fsp3) is 0.167. The Morgan fingerprint density at radius 3 is 2.85 bits per heavy atom. The quantitative estimate of drug-likeness (QED) is 0.633. The van der Waals surface area contributed by atoms with Crippen molar-refractivity contribution in [1.29, 1.82) is 5.26 Å². The molecule has 136 valence electrons. The summed E-state index contributed by atoms with van der Waals surface area (Å²) >= 11 is 6.26. The lowest BCUT2D eigenvalue weighted by Crippen LogP contribution is -2.23. The van der Waals surface area contributed by atoms with Gasteiger partial charge in [-0.05, 0) is 19.1 Å². The van der Waals surface area contributed by atoms with E-state index in [1.165, 1.54) is 6.33 Å². The van der Waals surface area contributed by atoms with Crippen molar-refractivity contribution in [2.24, 2.45) is 0 Å². The maximum Gasteiger partial charge on any atom is 0.252 e. The molecule has 0 radical (unpaired) electrons. The average molecular weight is 382 g/mol. The lowest BCUT2D eigenvalue weighted by Gasteiger charge is -2.19. The van der Waals surface area contributed by atoms with Gasteiger partial charge < -0.3 is 16.4 Å². The highest BCUT2D eigenvalue weighted by Crippen LogP contribution is 2.29. The average Bonchev–Trinajstić information content (AvgIpc) is 2.67. The molecule has 0 aliphatic heterocycles. The molecule has 0 aliphatic carbocycles. The molecule has 9 heteroatoms. The zero-order chi connectivity index (χ0) is 19.6. The van der Waals surface area contributed by atoms with Gasteiger partial charge in [0.1, 0.15) is 29.6 Å². The third-order valence-corrected chi connectivity index (χ3v) is 4.35. The van der Waals surface area contributed by atoms with Crippen LogP contribution in [0.2, 0.25) is 5.02 Å². The maximum absolute atomic E-state index is 12.4. The molecule has 0 spiro atoms. The SMILES string of the molecule is CNC(=O)c1cc2cccc(Cl)c2nc1C(C)Nc1ncnc(N)c1C#N. The molecule has 0 aliphatic rings. The van der Waals surface area contributed by atoms with Gasteiger partial charge in [-0.1, -0.05) is 23.7 Å². The highest BCUT2D eigenvalue weighted by Gasteiger charge is 2.21. The topological polar surface area (TPSA) is 130 Å². The fourth-order valence-electron chi connectivity index (χ4n) is 2.72. The van der Waals surface area contributed by atoms with Gasteiger partial charge in [-0.15, -0.1) is 0 Å². The number of carbonyl (C=O) groups is 1. The third kappa shape index (κ3) is 3.45. The Kier molecular flexibility index (Phi) is 5.05. The minimum atomic E-state index is -0.459. The Morgan fingerprint density at radius 2 is 2.15 bits per heavy atom. The molecule has 0 saturated carbocycles. The molecule has 1 atom stereocenters. The van der Waals surface area contributed by atoms with Crippen LogP contribution in [0.25, 0.3) is 10.9 Å². The van der Waals surface area contributed by atoms with Crippen LogP contribution in [-0.2, 0) is 0 Å². The van der Waals surface area contributed by atoms with E-state index in [9.17, 15) is 10.1 Å². The van der Waals surface area contributed by atoms with Crippen LogP contribution >= 0.6 is 11.6 Å². The smallest absolute Gasteiger partial charge is 0.252 e. The second-order valence-electron chi connectivity index (χ2n) is 5.77. The van der Waals surface area contributed by atoms with Crippen LogP contribution in [-0.4, -0.2) is 27.9 Å². The number of fused-ring (bicyclic) bond motifs is 1. The van der Waals surface area contributed by atoms with Crippen molar-refractivity contribution in [2.45, 2.75) is 13.0 Å². The summed E-state index contributed by atoms with van der Waals surface area (Å²) in [6, 6.07) is 8.62. The van der Waals surface area contributed by atoms with Gasteiger partial charge in [-0.2, -0.15) is 5.26 Å². The van der Waals surface area contributed by atoms with Crippen molar-refractivity contribution in [1.82, 2.24) is 20.3 Å². The van der Waals surface area contributed by atoms with Crippen molar-refractivity contribution in [3.63, 3.8) is 0 Å². The molecule has 27 heavy (non-hydrogen) atoms. The number of hydrogen-bond donors (Lipinski definition) is 3. The Morgan fingerprint density at radius 1 is 1.37 bits per heavy atom. The third-order valence-electron chi connectivity index (χ3n) is 4.05. The second kappa shape index (κ2) is 7.43. The summed E-state index contributed by atoms with van der Waals surface area (Å²) in [7, 11) is 1.55. The molecular formula is C18H16ClN7O. The lowest BCUT2D eigenvalue weighted by atomic mass is 10.0. The van der Waals surface area contributed by atoms with Gasteiger partial charge in [-0.3, -0.25) is 4.79 Å². The summed E-state index contributed by atoms with van der Waals surface area (Å²) < 4.78 is 0. The number of benzene rings is 1. The Balaban J connectivity index is 2.12. The van der Waals surface area contributed by atoms with Crippen molar-refractivity contribution in [3.8, 4) is 6.07 Å². The van der Waals surface area contributed by atoms with Crippen molar-refractivity contribution < 1.29 is 4.79 Å². The van der Waals surface area contributed by atoms with Gasteiger partial charge in [0.05, 0.1) is 27.8 Å². The molecule has 0 bridgehead atoms. The first kappa shape index (κ1) is 18.4. The minimum absolute atomic E-state index is 0.0724. The van der Waals surface area contributed by atoms with E-state index in [2.05, 4.69) is 25.6 Å². The molecule has 0 fully saturated rings. The molecule has 8 nitrogen and oxygen atoms in total. The number of nitrogens with one attached hydrogen (secondary N) is 2. The van der Waals surface area contributed by atoms with Crippen molar-refractivity contribution in [3.05, 3.63) is 52.4 Å². The first-order valence-corrected chi connectivity index (χ1v) is 8.42. The predicted octanol–water partition coefficient (Wildman–Crippen LogP) is 2.66. The number of rotatable bonds is 4. The molecule has 1 amide bonds. The highest BCUT2D eigenvalue weighted by atomic mass is 35.5. The lowest BCUT2D eigenvalue weighted by molar-refractivity contribution is 0.0961.